The van der Waals surface area contributed by atoms with Gasteiger partial charge in [-0.25, -0.2) is 0 Å². The summed E-state index contributed by atoms with van der Waals surface area (Å²) >= 11 is 0.696. The molecule has 0 bridgehead atoms. The highest BCUT2D eigenvalue weighted by molar-refractivity contribution is 7.25. The molecule has 9 aromatic carbocycles. The van der Waals surface area contributed by atoms with Gasteiger partial charge in [-0.15, -0.1) is 11.3 Å². The number of aromatic nitrogens is 2. The van der Waals surface area contributed by atoms with Gasteiger partial charge in [0.2, 0.25) is 0 Å². The molecule has 6 heteroatoms. The van der Waals surface area contributed by atoms with Crippen LogP contribution < -0.4 is 26.2 Å². The van der Waals surface area contributed by atoms with E-state index in [9.17, 15) is 31.5 Å². The maximum absolute atomic E-state index is 11.1. The SMILES string of the molecule is [2H]c1c([2H])c2c3c(c1[2H])-n1c4c([2H])c([2H])c([2H])c([2H])c4c4c([2H])c([2H])c([2H])c(c41)N3c1c([2H])c(C)c([2H])c3c1B2c1c([2H])c([2H])c(-n2c4c([2H])c([2H])c(C(C)(C)C)c([2H])c4c4c([2H])c(C(C)(C)C)c([2H])c([2H])c42)c([2H])c1N3c1c([2H])c([2H])c2sc3c([2H])c([2H])c([2H])c([2H])c3c2c1[2H]. The van der Waals surface area contributed by atoms with Crippen LogP contribution in [0.2, 0.25) is 0 Å². The van der Waals surface area contributed by atoms with E-state index >= 15 is 0 Å². The molecule has 0 saturated carbocycles. The molecule has 69 heavy (non-hydrogen) atoms. The number of hydrogen-bond acceptors (Lipinski definition) is 3. The Balaban J connectivity index is 1.22. The van der Waals surface area contributed by atoms with Crippen LogP contribution in [0.5, 0.6) is 0 Å². The molecule has 0 spiro atoms. The second kappa shape index (κ2) is 13.4. The van der Waals surface area contributed by atoms with Gasteiger partial charge in [0.15, 0.2) is 0 Å². The summed E-state index contributed by atoms with van der Waals surface area (Å²) in [5, 5.41) is -1.59. The van der Waals surface area contributed by atoms with E-state index in [1.165, 1.54) is 11.8 Å². The summed E-state index contributed by atoms with van der Waals surface area (Å²) in [7, 11) is 0. The molecule has 0 fully saturated rings. The van der Waals surface area contributed by atoms with Crippen molar-refractivity contribution in [3.63, 3.8) is 0 Å². The van der Waals surface area contributed by atoms with Crippen LogP contribution in [0.25, 0.3) is 75.2 Å². The topological polar surface area (TPSA) is 16.3 Å². The van der Waals surface area contributed by atoms with Crippen LogP contribution in [0, 0.1) is 6.92 Å². The molecule has 0 aliphatic carbocycles. The highest BCUT2D eigenvalue weighted by Crippen LogP contribution is 2.53. The van der Waals surface area contributed by atoms with Gasteiger partial charge < -0.3 is 18.9 Å². The Morgan fingerprint density at radius 1 is 0.435 bits per heavy atom. The van der Waals surface area contributed by atoms with Crippen molar-refractivity contribution in [3.05, 3.63) is 186 Å². The minimum Gasteiger partial charge on any atom is -0.311 e. The molecule has 15 rings (SSSR count). The van der Waals surface area contributed by atoms with Gasteiger partial charge in [-0.3, -0.25) is 0 Å². The van der Waals surface area contributed by atoms with E-state index in [0.717, 1.165) is 14.0 Å². The second-order valence-electron chi connectivity index (χ2n) is 19.6. The summed E-state index contributed by atoms with van der Waals surface area (Å²) in [5.74, 6) is 0. The number of anilines is 6. The summed E-state index contributed by atoms with van der Waals surface area (Å²) in [5.41, 5.74) is -9.03. The third-order valence-electron chi connectivity index (χ3n) is 13.3. The maximum Gasteiger partial charge on any atom is 0.252 e. The molecular formula is C63H49BN4S. The lowest BCUT2D eigenvalue weighted by Crippen LogP contribution is -2.61. The number of nitrogens with zero attached hydrogens (tertiary/aromatic N) is 4. The molecule has 0 radical (unpaired) electrons. The lowest BCUT2D eigenvalue weighted by Gasteiger charge is -2.46. The van der Waals surface area contributed by atoms with Crippen LogP contribution in [-0.4, -0.2) is 15.8 Å². The van der Waals surface area contributed by atoms with Gasteiger partial charge in [-0.05, 0) is 141 Å². The average molecular weight is 933 g/mol. The van der Waals surface area contributed by atoms with Gasteiger partial charge in [-0.2, -0.15) is 0 Å². The molecule has 4 nitrogen and oxygen atoms in total. The van der Waals surface area contributed by atoms with Crippen molar-refractivity contribution in [1.82, 2.24) is 9.13 Å². The van der Waals surface area contributed by atoms with Crippen molar-refractivity contribution < 1.29 is 38.4 Å². The Hall–Kier alpha value is -7.54. The molecule has 0 unspecified atom stereocenters. The van der Waals surface area contributed by atoms with Gasteiger partial charge in [0.25, 0.3) is 6.71 Å². The summed E-state index contributed by atoms with van der Waals surface area (Å²) in [6.45, 7) is 9.66. The standard InChI is InChI=1S/C63H49BN4S/c1-36-30-55-59-56(31-36)68-52-19-12-16-43-41-14-8-10-18-49(41)67(60(43)52)53-20-13-17-48(61(53)68)64(59)47-26-24-40(35-54(47)66(55)39-25-29-58-46(34-39)42-15-9-11-21-57(42)69-58)65-50-27-22-37(62(2,3)4)32-44(50)45-33-38(63(5,6)7)23-28-51(45)65/h8-35H,1-7H3/i8D,9D,10D,11D,12D,13D,14D,15D,16D,17D,18D,19D,20D,21D,22D,23D,24D,25D,26D,27D,28D,29D,30D,31D,32D,33D,34D,35D. The van der Waals surface area contributed by atoms with Crippen molar-refractivity contribution in [2.24, 2.45) is 0 Å². The first-order chi connectivity index (χ1) is 45.1. The number of rotatable bonds is 2. The third kappa shape index (κ3) is 5.25. The van der Waals surface area contributed by atoms with E-state index < -0.39 is 231 Å². The Morgan fingerprint density at radius 2 is 1.06 bits per heavy atom. The number of thiophene rings is 1. The Morgan fingerprint density at radius 3 is 1.81 bits per heavy atom. The molecule has 3 aliphatic rings. The molecule has 0 saturated heterocycles. The molecule has 6 heterocycles. The molecule has 330 valence electrons. The van der Waals surface area contributed by atoms with Crippen LogP contribution in [0.4, 0.5) is 34.1 Å². The van der Waals surface area contributed by atoms with E-state index in [4.69, 9.17) is 6.85 Å². The Bertz CT molecular complexity index is 5850. The fourth-order valence-electron chi connectivity index (χ4n) is 10.2. The second-order valence-corrected chi connectivity index (χ2v) is 20.6. The van der Waals surface area contributed by atoms with Crippen LogP contribution in [-0.2, 0) is 10.8 Å². The third-order valence-corrected chi connectivity index (χ3v) is 14.3. The fourth-order valence-corrected chi connectivity index (χ4v) is 11.1. The molecule has 3 aromatic heterocycles. The highest BCUT2D eigenvalue weighted by atomic mass is 32.1. The van der Waals surface area contributed by atoms with Gasteiger partial charge in [0.05, 0.1) is 77.5 Å². The number of fused-ring (bicyclic) bond motifs is 15. The van der Waals surface area contributed by atoms with Crippen molar-refractivity contribution in [1.29, 1.82) is 0 Å². The minimum atomic E-state index is -1.92. The first-order valence-electron chi connectivity index (χ1n) is 36.2. The lowest BCUT2D eigenvalue weighted by atomic mass is 9.33. The number of benzene rings is 9. The smallest absolute Gasteiger partial charge is 0.252 e. The minimum absolute atomic E-state index is 0.0386. The first kappa shape index (κ1) is 21.0. The zero-order valence-corrected chi connectivity index (χ0v) is 38.6. The zero-order valence-electron chi connectivity index (χ0n) is 65.8. The van der Waals surface area contributed by atoms with E-state index in [0.29, 0.717) is 11.3 Å². The molecular weight excluding hydrogens is 856 g/mol. The first-order valence-corrected chi connectivity index (χ1v) is 23.0. The molecule has 0 N–H and O–H groups in total. The van der Waals surface area contributed by atoms with Crippen molar-refractivity contribution in [2.45, 2.75) is 59.3 Å². The zero-order chi connectivity index (χ0) is 70.8. The largest absolute Gasteiger partial charge is 0.311 e. The van der Waals surface area contributed by atoms with Crippen LogP contribution in [0.3, 0.4) is 0 Å². The molecule has 0 amide bonds. The number of hydrogen-bond donors (Lipinski definition) is 0. The van der Waals surface area contributed by atoms with E-state index in [1.54, 1.807) is 41.5 Å². The maximum atomic E-state index is 11.1. The van der Waals surface area contributed by atoms with E-state index in [-0.39, 0.29) is 98.4 Å². The van der Waals surface area contributed by atoms with Crippen molar-refractivity contribution in [3.8, 4) is 11.4 Å². The highest BCUT2D eigenvalue weighted by Gasteiger charge is 2.46. The van der Waals surface area contributed by atoms with Crippen molar-refractivity contribution >= 4 is 132 Å². The Labute approximate surface area is 445 Å². The summed E-state index contributed by atoms with van der Waals surface area (Å²) in [6, 6.07) is -19.4. The summed E-state index contributed by atoms with van der Waals surface area (Å²) < 4.78 is 275. The van der Waals surface area contributed by atoms with Gasteiger partial charge in [-0.1, -0.05) is 120 Å². The lowest BCUT2D eigenvalue weighted by molar-refractivity contribution is 0.590. The fraction of sp³-hybridized carbons (Fsp3) is 0.143. The van der Waals surface area contributed by atoms with E-state index in [1.807, 2.05) is 0 Å². The average Bonchev–Trinajstić information content (AvgIpc) is 1.63. The monoisotopic (exact) mass is 933 g/mol. The van der Waals surface area contributed by atoms with E-state index in [2.05, 4.69) is 0 Å². The predicted molar refractivity (Wildman–Crippen MR) is 298 cm³/mol. The van der Waals surface area contributed by atoms with Crippen LogP contribution in [0.15, 0.2) is 169 Å². The molecule has 0 atom stereocenters. The van der Waals surface area contributed by atoms with Gasteiger partial charge in [0, 0.05) is 70.2 Å². The molecule has 3 aliphatic heterocycles. The summed E-state index contributed by atoms with van der Waals surface area (Å²) in [4.78, 5) is 2.19. The van der Waals surface area contributed by atoms with Crippen LogP contribution >= 0.6 is 11.3 Å². The van der Waals surface area contributed by atoms with Crippen molar-refractivity contribution in [2.75, 3.05) is 9.80 Å². The predicted octanol–water partition coefficient (Wildman–Crippen LogP) is 15.5. The molecule has 12 aromatic rings. The summed E-state index contributed by atoms with van der Waals surface area (Å²) in [6.07, 6.45) is 0. The normalized spacial score (nSPS) is 19.6. The van der Waals surface area contributed by atoms with Gasteiger partial charge >= 0.3 is 0 Å². The Kier molecular flexibility index (Phi) is 4.07. The van der Waals surface area contributed by atoms with Crippen LogP contribution in [0.1, 0.15) is 96.6 Å². The van der Waals surface area contributed by atoms with Gasteiger partial charge in [0.1, 0.15) is 0 Å². The number of para-hydroxylation sites is 3. The quantitative estimate of drug-likeness (QED) is 0.161.